The molecule has 1 amide bonds. The summed E-state index contributed by atoms with van der Waals surface area (Å²) in [6.07, 6.45) is 1.38. The van der Waals surface area contributed by atoms with Gasteiger partial charge in [-0.25, -0.2) is 9.78 Å². The number of rotatable bonds is 4. The van der Waals surface area contributed by atoms with E-state index in [1.165, 1.54) is 13.3 Å². The number of hydrogen-bond donors (Lipinski definition) is 1. The van der Waals surface area contributed by atoms with Crippen LogP contribution in [-0.2, 0) is 4.74 Å². The van der Waals surface area contributed by atoms with Crippen LogP contribution in [0.15, 0.2) is 65.2 Å². The molecule has 3 rings (SSSR count). The topological polar surface area (TPSA) is 81.4 Å². The summed E-state index contributed by atoms with van der Waals surface area (Å²) in [7, 11) is 1.31. The monoisotopic (exact) mass is 322 g/mol. The van der Waals surface area contributed by atoms with E-state index < -0.39 is 11.9 Å². The highest BCUT2D eigenvalue weighted by atomic mass is 16.5. The highest BCUT2D eigenvalue weighted by Crippen LogP contribution is 2.19. The van der Waals surface area contributed by atoms with Gasteiger partial charge in [0, 0.05) is 11.3 Å². The number of nitrogens with zero attached hydrogens (tertiary/aromatic N) is 1. The SMILES string of the molecule is COC(=O)c1ccc(NC(=O)c2cnc(-c3ccccc3)o2)cc1. The summed E-state index contributed by atoms with van der Waals surface area (Å²) in [6.45, 7) is 0. The number of ether oxygens (including phenoxy) is 1. The molecule has 0 aliphatic carbocycles. The molecule has 6 nitrogen and oxygen atoms in total. The fourth-order valence-corrected chi connectivity index (χ4v) is 2.09. The lowest BCUT2D eigenvalue weighted by molar-refractivity contribution is 0.0600. The van der Waals surface area contributed by atoms with Gasteiger partial charge in [0.2, 0.25) is 11.7 Å². The van der Waals surface area contributed by atoms with E-state index in [0.717, 1.165) is 5.56 Å². The van der Waals surface area contributed by atoms with Crippen LogP contribution in [0.1, 0.15) is 20.9 Å². The van der Waals surface area contributed by atoms with Crippen LogP contribution < -0.4 is 5.32 Å². The zero-order valence-corrected chi connectivity index (χ0v) is 12.9. The Balaban J connectivity index is 1.71. The Morgan fingerprint density at radius 2 is 1.75 bits per heavy atom. The molecular formula is C18H14N2O4. The minimum Gasteiger partial charge on any atom is -0.465 e. The van der Waals surface area contributed by atoms with Crippen LogP contribution in [-0.4, -0.2) is 24.0 Å². The molecule has 3 aromatic rings. The molecule has 0 bridgehead atoms. The Hall–Kier alpha value is -3.41. The lowest BCUT2D eigenvalue weighted by atomic mass is 10.2. The normalized spacial score (nSPS) is 10.2. The number of carbonyl (C=O) groups excluding carboxylic acids is 2. The largest absolute Gasteiger partial charge is 0.465 e. The molecule has 6 heteroatoms. The van der Waals surface area contributed by atoms with Crippen molar-refractivity contribution in [1.29, 1.82) is 0 Å². The Labute approximate surface area is 138 Å². The summed E-state index contributed by atoms with van der Waals surface area (Å²) in [4.78, 5) is 27.7. The molecule has 2 aromatic carbocycles. The molecule has 0 unspecified atom stereocenters. The second-order valence-electron chi connectivity index (χ2n) is 4.92. The van der Waals surface area contributed by atoms with Crippen LogP contribution in [0.2, 0.25) is 0 Å². The van der Waals surface area contributed by atoms with E-state index in [4.69, 9.17) is 4.42 Å². The zero-order valence-electron chi connectivity index (χ0n) is 12.9. The van der Waals surface area contributed by atoms with Crippen molar-refractivity contribution < 1.29 is 18.7 Å². The molecule has 1 heterocycles. The van der Waals surface area contributed by atoms with Crippen molar-refractivity contribution in [1.82, 2.24) is 4.98 Å². The second-order valence-corrected chi connectivity index (χ2v) is 4.92. The standard InChI is InChI=1S/C18H14N2O4/c1-23-18(22)13-7-9-14(10-8-13)20-16(21)15-11-19-17(24-15)12-5-3-2-4-6-12/h2-11H,1H3,(H,20,21). The van der Waals surface area contributed by atoms with Crippen LogP contribution in [0, 0.1) is 0 Å². The van der Waals surface area contributed by atoms with Crippen molar-refractivity contribution in [3.05, 3.63) is 72.1 Å². The van der Waals surface area contributed by atoms with Gasteiger partial charge in [-0.1, -0.05) is 18.2 Å². The second kappa shape index (κ2) is 6.78. The molecule has 0 spiro atoms. The summed E-state index contributed by atoms with van der Waals surface area (Å²) >= 11 is 0. The number of methoxy groups -OCH3 is 1. The summed E-state index contributed by atoms with van der Waals surface area (Å²) in [5, 5.41) is 2.68. The van der Waals surface area contributed by atoms with Crippen LogP contribution in [0.25, 0.3) is 11.5 Å². The third-order valence-electron chi connectivity index (χ3n) is 3.31. The van der Waals surface area contributed by atoms with Gasteiger partial charge in [-0.2, -0.15) is 0 Å². The number of aromatic nitrogens is 1. The third-order valence-corrected chi connectivity index (χ3v) is 3.31. The van der Waals surface area contributed by atoms with E-state index in [2.05, 4.69) is 15.0 Å². The van der Waals surface area contributed by atoms with Crippen molar-refractivity contribution in [3.63, 3.8) is 0 Å². The van der Waals surface area contributed by atoms with Gasteiger partial charge in [0.25, 0.3) is 5.91 Å². The first-order chi connectivity index (χ1) is 11.7. The highest BCUT2D eigenvalue weighted by Gasteiger charge is 2.14. The molecule has 0 saturated heterocycles. The van der Waals surface area contributed by atoms with Crippen molar-refractivity contribution in [2.24, 2.45) is 0 Å². The van der Waals surface area contributed by atoms with Gasteiger partial charge in [0.15, 0.2) is 0 Å². The first kappa shape index (κ1) is 15.5. The van der Waals surface area contributed by atoms with E-state index in [1.54, 1.807) is 24.3 Å². The van der Waals surface area contributed by atoms with E-state index in [0.29, 0.717) is 17.1 Å². The van der Waals surface area contributed by atoms with E-state index in [9.17, 15) is 9.59 Å². The molecule has 0 saturated carbocycles. The predicted octanol–water partition coefficient (Wildman–Crippen LogP) is 3.38. The molecule has 1 N–H and O–H groups in total. The van der Waals surface area contributed by atoms with Gasteiger partial charge in [0.1, 0.15) is 0 Å². The Morgan fingerprint density at radius 3 is 2.42 bits per heavy atom. The number of anilines is 1. The Morgan fingerprint density at radius 1 is 1.04 bits per heavy atom. The molecule has 24 heavy (non-hydrogen) atoms. The fourth-order valence-electron chi connectivity index (χ4n) is 2.09. The number of nitrogens with one attached hydrogen (secondary N) is 1. The van der Waals surface area contributed by atoms with Crippen LogP contribution in [0.3, 0.4) is 0 Å². The molecule has 1 aromatic heterocycles. The Kier molecular flexibility index (Phi) is 4.38. The van der Waals surface area contributed by atoms with Crippen LogP contribution >= 0.6 is 0 Å². The lowest BCUT2D eigenvalue weighted by Gasteiger charge is -2.04. The predicted molar refractivity (Wildman–Crippen MR) is 87.7 cm³/mol. The molecular weight excluding hydrogens is 308 g/mol. The van der Waals surface area contributed by atoms with Crippen molar-refractivity contribution in [2.75, 3.05) is 12.4 Å². The molecule has 0 radical (unpaired) electrons. The smallest absolute Gasteiger partial charge is 0.337 e. The zero-order chi connectivity index (χ0) is 16.9. The summed E-state index contributed by atoms with van der Waals surface area (Å²) in [5.74, 6) is -0.376. The van der Waals surface area contributed by atoms with Gasteiger partial charge in [0.05, 0.1) is 18.9 Å². The first-order valence-electron chi connectivity index (χ1n) is 7.18. The number of amides is 1. The van der Waals surface area contributed by atoms with Gasteiger partial charge >= 0.3 is 5.97 Å². The number of benzene rings is 2. The van der Waals surface area contributed by atoms with E-state index in [1.807, 2.05) is 30.3 Å². The summed E-state index contributed by atoms with van der Waals surface area (Å²) < 4.78 is 10.1. The summed E-state index contributed by atoms with van der Waals surface area (Å²) in [6, 6.07) is 15.7. The number of oxazole rings is 1. The van der Waals surface area contributed by atoms with Gasteiger partial charge in [-0.05, 0) is 36.4 Å². The highest BCUT2D eigenvalue weighted by molar-refractivity contribution is 6.02. The molecule has 0 atom stereocenters. The van der Waals surface area contributed by atoms with Gasteiger partial charge in [-0.3, -0.25) is 4.79 Å². The van der Waals surface area contributed by atoms with Crippen molar-refractivity contribution in [3.8, 4) is 11.5 Å². The van der Waals surface area contributed by atoms with Gasteiger partial charge < -0.3 is 14.5 Å². The third kappa shape index (κ3) is 3.33. The van der Waals surface area contributed by atoms with Crippen molar-refractivity contribution >= 4 is 17.6 Å². The molecule has 0 aliphatic rings. The van der Waals surface area contributed by atoms with Crippen LogP contribution in [0.4, 0.5) is 5.69 Å². The number of carbonyl (C=O) groups is 2. The maximum atomic E-state index is 12.2. The quantitative estimate of drug-likeness (QED) is 0.745. The molecule has 0 aliphatic heterocycles. The van der Waals surface area contributed by atoms with Gasteiger partial charge in [-0.15, -0.1) is 0 Å². The number of hydrogen-bond acceptors (Lipinski definition) is 5. The minimum absolute atomic E-state index is 0.103. The van der Waals surface area contributed by atoms with E-state index >= 15 is 0 Å². The summed E-state index contributed by atoms with van der Waals surface area (Å²) in [5.41, 5.74) is 1.73. The molecule has 0 fully saturated rings. The fraction of sp³-hybridized carbons (Fsp3) is 0.0556. The molecule has 120 valence electrons. The lowest BCUT2D eigenvalue weighted by Crippen LogP contribution is -2.11. The number of esters is 1. The van der Waals surface area contributed by atoms with Crippen LogP contribution in [0.5, 0.6) is 0 Å². The maximum absolute atomic E-state index is 12.2. The first-order valence-corrected chi connectivity index (χ1v) is 7.18. The van der Waals surface area contributed by atoms with E-state index in [-0.39, 0.29) is 5.76 Å². The minimum atomic E-state index is -0.435. The Bertz CT molecular complexity index is 854. The average Bonchev–Trinajstić information content (AvgIpc) is 3.13. The average molecular weight is 322 g/mol. The van der Waals surface area contributed by atoms with Crippen molar-refractivity contribution in [2.45, 2.75) is 0 Å². The maximum Gasteiger partial charge on any atom is 0.337 e.